The predicted molar refractivity (Wildman–Crippen MR) is 116 cm³/mol. The van der Waals surface area contributed by atoms with Crippen molar-refractivity contribution >= 4 is 18.0 Å². The summed E-state index contributed by atoms with van der Waals surface area (Å²) in [5.74, 6) is -1.85. The molecule has 0 saturated heterocycles. The summed E-state index contributed by atoms with van der Waals surface area (Å²) in [7, 11) is 1.43. The fourth-order valence-corrected chi connectivity index (χ4v) is 4.26. The largest absolute Gasteiger partial charge is 0.481 e. The second kappa shape index (κ2) is 9.40. The molecule has 2 aliphatic rings. The molecule has 8 heteroatoms. The van der Waals surface area contributed by atoms with Gasteiger partial charge in [-0.3, -0.25) is 9.59 Å². The maximum atomic E-state index is 12.5. The number of nitrogens with one attached hydrogen (secondary N) is 2. The summed E-state index contributed by atoms with van der Waals surface area (Å²) in [5, 5.41) is 14.2. The van der Waals surface area contributed by atoms with Gasteiger partial charge in [0.05, 0.1) is 12.5 Å². The maximum Gasteiger partial charge on any atom is 0.407 e. The number of carbonyl (C=O) groups is 3. The third-order valence-electron chi connectivity index (χ3n) is 6.06. The number of amides is 2. The minimum Gasteiger partial charge on any atom is -0.481 e. The van der Waals surface area contributed by atoms with Gasteiger partial charge in [0.2, 0.25) is 5.91 Å². The van der Waals surface area contributed by atoms with Gasteiger partial charge in [0.1, 0.15) is 12.6 Å². The lowest BCUT2D eigenvalue weighted by Crippen LogP contribution is -2.50. The van der Waals surface area contributed by atoms with Gasteiger partial charge < -0.3 is 25.2 Å². The van der Waals surface area contributed by atoms with Crippen molar-refractivity contribution in [1.82, 2.24) is 10.6 Å². The predicted octanol–water partition coefficient (Wildman–Crippen LogP) is 2.38. The average Bonchev–Trinajstić information content (AvgIpc) is 3.51. The Bertz CT molecular complexity index is 978. The highest BCUT2D eigenvalue weighted by molar-refractivity contribution is 5.86. The molecule has 0 spiro atoms. The van der Waals surface area contributed by atoms with Crippen LogP contribution in [0.1, 0.15) is 23.5 Å². The molecule has 4 rings (SSSR count). The number of ether oxygens (including phenoxy) is 2. The van der Waals surface area contributed by atoms with Gasteiger partial charge in [0, 0.05) is 19.6 Å². The van der Waals surface area contributed by atoms with E-state index < -0.39 is 29.9 Å². The molecule has 2 aromatic carbocycles. The Morgan fingerprint density at radius 3 is 2.25 bits per heavy atom. The molecule has 2 aliphatic carbocycles. The van der Waals surface area contributed by atoms with Crippen LogP contribution in [0.2, 0.25) is 0 Å². The van der Waals surface area contributed by atoms with Gasteiger partial charge in [-0.15, -0.1) is 0 Å². The van der Waals surface area contributed by atoms with Gasteiger partial charge in [-0.1, -0.05) is 48.5 Å². The number of hydrogen-bond acceptors (Lipinski definition) is 5. The molecule has 1 saturated carbocycles. The number of carbonyl (C=O) groups excluding carboxylic acids is 2. The van der Waals surface area contributed by atoms with E-state index in [1.54, 1.807) is 0 Å². The molecule has 0 aliphatic heterocycles. The first kappa shape index (κ1) is 21.8. The van der Waals surface area contributed by atoms with Crippen molar-refractivity contribution in [2.24, 2.45) is 11.8 Å². The number of rotatable bonds is 9. The van der Waals surface area contributed by atoms with Crippen molar-refractivity contribution in [2.45, 2.75) is 18.4 Å². The van der Waals surface area contributed by atoms with Crippen LogP contribution in [0, 0.1) is 11.8 Å². The highest BCUT2D eigenvalue weighted by Crippen LogP contribution is 2.44. The SMILES string of the molecule is COC[C@H](NC(=O)OCC1c2ccccc2-c2ccccc21)C(=O)NC[C@H]1C[C@H]1C(=O)O. The van der Waals surface area contributed by atoms with E-state index in [0.29, 0.717) is 6.42 Å². The lowest BCUT2D eigenvalue weighted by atomic mass is 9.98. The van der Waals surface area contributed by atoms with Gasteiger partial charge in [-0.05, 0) is 34.6 Å². The van der Waals surface area contributed by atoms with Gasteiger partial charge in [0.25, 0.3) is 0 Å². The summed E-state index contributed by atoms with van der Waals surface area (Å²) in [6.45, 7) is 0.370. The van der Waals surface area contributed by atoms with E-state index in [1.807, 2.05) is 36.4 Å². The number of alkyl carbamates (subject to hydrolysis) is 1. The number of methoxy groups -OCH3 is 1. The monoisotopic (exact) mass is 438 g/mol. The molecular weight excluding hydrogens is 412 g/mol. The number of carboxylic acids is 1. The number of benzene rings is 2. The Labute approximate surface area is 185 Å². The van der Waals surface area contributed by atoms with Crippen LogP contribution in [0.3, 0.4) is 0 Å². The van der Waals surface area contributed by atoms with Crippen LogP contribution < -0.4 is 10.6 Å². The zero-order valence-corrected chi connectivity index (χ0v) is 17.7. The second-order valence-corrected chi connectivity index (χ2v) is 8.16. The quantitative estimate of drug-likeness (QED) is 0.554. The topological polar surface area (TPSA) is 114 Å². The van der Waals surface area contributed by atoms with E-state index >= 15 is 0 Å². The van der Waals surface area contributed by atoms with Gasteiger partial charge in [-0.2, -0.15) is 0 Å². The minimum atomic E-state index is -0.933. The summed E-state index contributed by atoms with van der Waals surface area (Å²) in [4.78, 5) is 35.8. The Hall–Kier alpha value is -3.39. The van der Waals surface area contributed by atoms with Gasteiger partial charge in [-0.25, -0.2) is 4.79 Å². The first-order valence-corrected chi connectivity index (χ1v) is 10.6. The number of fused-ring (bicyclic) bond motifs is 3. The zero-order chi connectivity index (χ0) is 22.7. The zero-order valence-electron chi connectivity index (χ0n) is 17.7. The van der Waals surface area contributed by atoms with Crippen molar-refractivity contribution in [2.75, 3.05) is 26.9 Å². The highest BCUT2D eigenvalue weighted by atomic mass is 16.5. The fourth-order valence-electron chi connectivity index (χ4n) is 4.26. The summed E-state index contributed by atoms with van der Waals surface area (Å²) in [6.07, 6.45) is -0.163. The molecule has 2 aromatic rings. The maximum absolute atomic E-state index is 12.5. The molecule has 0 unspecified atom stereocenters. The Balaban J connectivity index is 1.33. The highest BCUT2D eigenvalue weighted by Gasteiger charge is 2.43. The van der Waals surface area contributed by atoms with Gasteiger partial charge >= 0.3 is 12.1 Å². The van der Waals surface area contributed by atoms with Crippen LogP contribution >= 0.6 is 0 Å². The van der Waals surface area contributed by atoms with Crippen LogP contribution in [0.15, 0.2) is 48.5 Å². The third kappa shape index (κ3) is 4.60. The average molecular weight is 438 g/mol. The first-order chi connectivity index (χ1) is 15.5. The molecule has 0 radical (unpaired) electrons. The Kier molecular flexibility index (Phi) is 6.41. The normalized spacial score (nSPS) is 19.4. The van der Waals surface area contributed by atoms with Gasteiger partial charge in [0.15, 0.2) is 0 Å². The first-order valence-electron chi connectivity index (χ1n) is 10.6. The van der Waals surface area contributed by atoms with E-state index in [1.165, 1.54) is 7.11 Å². The number of hydrogen-bond donors (Lipinski definition) is 3. The molecule has 8 nitrogen and oxygen atoms in total. The van der Waals surface area contributed by atoms with Crippen LogP contribution in [0.25, 0.3) is 11.1 Å². The lowest BCUT2D eigenvalue weighted by Gasteiger charge is -2.19. The summed E-state index contributed by atoms with van der Waals surface area (Å²) in [6, 6.07) is 15.1. The van der Waals surface area contributed by atoms with Crippen molar-refractivity contribution in [3.8, 4) is 11.1 Å². The Morgan fingerprint density at radius 1 is 1.06 bits per heavy atom. The fraction of sp³-hybridized carbons (Fsp3) is 0.375. The number of aliphatic carboxylic acids is 1. The van der Waals surface area contributed by atoms with E-state index in [9.17, 15) is 14.4 Å². The van der Waals surface area contributed by atoms with Crippen LogP contribution in [0.5, 0.6) is 0 Å². The van der Waals surface area contributed by atoms with Crippen LogP contribution in [-0.4, -0.2) is 56.0 Å². The van der Waals surface area contributed by atoms with E-state index in [2.05, 4.69) is 22.8 Å². The van der Waals surface area contributed by atoms with Crippen LogP contribution in [0.4, 0.5) is 4.79 Å². The van der Waals surface area contributed by atoms with E-state index in [4.69, 9.17) is 14.6 Å². The lowest BCUT2D eigenvalue weighted by molar-refractivity contribution is -0.139. The smallest absolute Gasteiger partial charge is 0.407 e. The molecule has 1 fully saturated rings. The van der Waals surface area contributed by atoms with Crippen molar-refractivity contribution < 1.29 is 29.0 Å². The van der Waals surface area contributed by atoms with E-state index in [0.717, 1.165) is 22.3 Å². The molecule has 168 valence electrons. The Morgan fingerprint density at radius 2 is 1.69 bits per heavy atom. The molecule has 2 amide bonds. The minimum absolute atomic E-state index is 0.0247. The second-order valence-electron chi connectivity index (χ2n) is 8.16. The van der Waals surface area contributed by atoms with E-state index in [-0.39, 0.29) is 31.6 Å². The molecule has 0 bridgehead atoms. The summed E-state index contributed by atoms with van der Waals surface area (Å²) < 4.78 is 10.5. The molecular formula is C24H26N2O6. The molecule has 32 heavy (non-hydrogen) atoms. The molecule has 3 atom stereocenters. The number of carboxylic acid groups (broad SMARTS) is 1. The summed E-state index contributed by atoms with van der Waals surface area (Å²) in [5.41, 5.74) is 4.47. The van der Waals surface area contributed by atoms with Crippen molar-refractivity contribution in [3.05, 3.63) is 59.7 Å². The molecule has 0 heterocycles. The van der Waals surface area contributed by atoms with Crippen LogP contribution in [-0.2, 0) is 19.1 Å². The standard InChI is InChI=1S/C24H26N2O6/c1-31-13-21(22(27)25-11-14-10-19(14)23(28)29)26-24(30)32-12-20-17-8-4-2-6-15(17)16-7-3-5-9-18(16)20/h2-9,14,19-21H,10-13H2,1H3,(H,25,27)(H,26,30)(H,28,29)/t14-,19-,21+/m1/s1. The third-order valence-corrected chi connectivity index (χ3v) is 6.06. The summed E-state index contributed by atoms with van der Waals surface area (Å²) >= 11 is 0. The van der Waals surface area contributed by atoms with Crippen molar-refractivity contribution in [1.29, 1.82) is 0 Å². The molecule has 3 N–H and O–H groups in total. The molecule has 0 aromatic heterocycles. The van der Waals surface area contributed by atoms with Crippen molar-refractivity contribution in [3.63, 3.8) is 0 Å².